The van der Waals surface area contributed by atoms with Crippen LogP contribution in [0.15, 0.2) is 18.3 Å². The highest BCUT2D eigenvalue weighted by atomic mass is 19.3. The molecule has 1 amide bonds. The highest BCUT2D eigenvalue weighted by Gasteiger charge is 2.21. The average molecular weight is 303 g/mol. The normalized spacial score (nSPS) is 11.0. The van der Waals surface area contributed by atoms with E-state index in [4.69, 9.17) is 5.73 Å². The van der Waals surface area contributed by atoms with E-state index in [9.17, 15) is 22.4 Å². The van der Waals surface area contributed by atoms with E-state index in [1.807, 2.05) is 0 Å². The van der Waals surface area contributed by atoms with Crippen LogP contribution in [-0.4, -0.2) is 22.1 Å². The number of nitrogens with zero attached hydrogens (tertiary/aromatic N) is 2. The Balaban J connectivity index is 2.48. The summed E-state index contributed by atoms with van der Waals surface area (Å²) in [6.45, 7) is -3.28. The predicted octanol–water partition coefficient (Wildman–Crippen LogP) is 2.07. The molecule has 9 heteroatoms. The molecule has 2 aromatic rings. The van der Waals surface area contributed by atoms with Crippen molar-refractivity contribution in [3.05, 3.63) is 35.8 Å². The molecular formula is C12H9F4N3O2. The van der Waals surface area contributed by atoms with E-state index >= 15 is 0 Å². The van der Waals surface area contributed by atoms with Crippen LogP contribution in [0.4, 0.5) is 17.6 Å². The Morgan fingerprint density at radius 2 is 2.00 bits per heavy atom. The fourth-order valence-corrected chi connectivity index (χ4v) is 1.74. The van der Waals surface area contributed by atoms with Crippen LogP contribution in [0.25, 0.3) is 11.3 Å². The lowest BCUT2D eigenvalue weighted by molar-refractivity contribution is -0.0525. The second-order valence-electron chi connectivity index (χ2n) is 4.04. The van der Waals surface area contributed by atoms with Gasteiger partial charge in [0, 0.05) is 18.8 Å². The number of nitrogens with two attached hydrogens (primary N) is 1. The molecule has 0 spiro atoms. The van der Waals surface area contributed by atoms with Gasteiger partial charge in [0.25, 0.3) is 5.91 Å². The van der Waals surface area contributed by atoms with Crippen molar-refractivity contribution in [2.45, 2.75) is 6.61 Å². The Morgan fingerprint density at radius 1 is 1.33 bits per heavy atom. The van der Waals surface area contributed by atoms with E-state index in [1.54, 1.807) is 0 Å². The summed E-state index contributed by atoms with van der Waals surface area (Å²) in [7, 11) is 1.44. The smallest absolute Gasteiger partial charge is 0.387 e. The van der Waals surface area contributed by atoms with Gasteiger partial charge >= 0.3 is 6.61 Å². The SMILES string of the molecule is Cn1cc(-c2ccc(OC(F)F)c(F)c2F)nc1C(N)=O. The lowest BCUT2D eigenvalue weighted by Crippen LogP contribution is -2.16. The molecule has 0 aliphatic heterocycles. The molecular weight excluding hydrogens is 294 g/mol. The van der Waals surface area contributed by atoms with Gasteiger partial charge in [-0.05, 0) is 12.1 Å². The van der Waals surface area contributed by atoms with E-state index in [-0.39, 0.29) is 17.1 Å². The van der Waals surface area contributed by atoms with Crippen molar-refractivity contribution in [1.29, 1.82) is 0 Å². The molecule has 112 valence electrons. The maximum absolute atomic E-state index is 13.9. The number of alkyl halides is 2. The van der Waals surface area contributed by atoms with Crippen LogP contribution in [0, 0.1) is 11.6 Å². The minimum Gasteiger partial charge on any atom is -0.432 e. The second-order valence-corrected chi connectivity index (χ2v) is 4.04. The Bertz CT molecular complexity index is 700. The van der Waals surface area contributed by atoms with Crippen molar-refractivity contribution in [3.8, 4) is 17.0 Å². The zero-order chi connectivity index (χ0) is 15.7. The minimum absolute atomic E-state index is 0.0636. The average Bonchev–Trinajstić information content (AvgIpc) is 2.77. The molecule has 1 aromatic carbocycles. The number of hydrogen-bond acceptors (Lipinski definition) is 3. The third-order valence-electron chi connectivity index (χ3n) is 2.64. The Kier molecular flexibility index (Phi) is 3.83. The molecule has 5 nitrogen and oxygen atoms in total. The maximum atomic E-state index is 13.9. The summed E-state index contributed by atoms with van der Waals surface area (Å²) >= 11 is 0. The van der Waals surface area contributed by atoms with Gasteiger partial charge in [-0.2, -0.15) is 13.2 Å². The summed E-state index contributed by atoms with van der Waals surface area (Å²) in [4.78, 5) is 14.8. The zero-order valence-electron chi connectivity index (χ0n) is 10.6. The van der Waals surface area contributed by atoms with E-state index in [0.29, 0.717) is 0 Å². The highest BCUT2D eigenvalue weighted by Crippen LogP contribution is 2.30. The van der Waals surface area contributed by atoms with Crippen LogP contribution in [0.3, 0.4) is 0 Å². The molecule has 2 rings (SSSR count). The van der Waals surface area contributed by atoms with Gasteiger partial charge in [-0.3, -0.25) is 4.79 Å². The molecule has 1 aromatic heterocycles. The van der Waals surface area contributed by atoms with Crippen molar-refractivity contribution in [1.82, 2.24) is 9.55 Å². The maximum Gasteiger partial charge on any atom is 0.387 e. The minimum atomic E-state index is -3.28. The van der Waals surface area contributed by atoms with E-state index in [0.717, 1.165) is 12.1 Å². The largest absolute Gasteiger partial charge is 0.432 e. The summed E-state index contributed by atoms with van der Waals surface area (Å²) in [5.41, 5.74) is 4.69. The van der Waals surface area contributed by atoms with Gasteiger partial charge in [-0.25, -0.2) is 9.37 Å². The number of imidazole rings is 1. The lowest BCUT2D eigenvalue weighted by atomic mass is 10.1. The summed E-state index contributed by atoms with van der Waals surface area (Å²) in [5, 5.41) is 0. The number of halogens is 4. The predicted molar refractivity (Wildman–Crippen MR) is 63.7 cm³/mol. The quantitative estimate of drug-likeness (QED) is 0.879. The summed E-state index contributed by atoms with van der Waals surface area (Å²) in [5.74, 6) is -4.90. The van der Waals surface area contributed by atoms with Crippen LogP contribution < -0.4 is 10.5 Å². The van der Waals surface area contributed by atoms with Crippen LogP contribution in [0.5, 0.6) is 5.75 Å². The monoisotopic (exact) mass is 303 g/mol. The van der Waals surface area contributed by atoms with E-state index in [1.165, 1.54) is 17.8 Å². The number of aromatic nitrogens is 2. The number of rotatable bonds is 4. The van der Waals surface area contributed by atoms with Crippen LogP contribution in [-0.2, 0) is 7.05 Å². The van der Waals surface area contributed by atoms with E-state index < -0.39 is 29.9 Å². The zero-order valence-corrected chi connectivity index (χ0v) is 10.6. The first-order chi connectivity index (χ1) is 9.81. The Hall–Kier alpha value is -2.58. The lowest BCUT2D eigenvalue weighted by Gasteiger charge is -2.08. The van der Waals surface area contributed by atoms with Gasteiger partial charge in [0.1, 0.15) is 0 Å². The molecule has 0 saturated heterocycles. The van der Waals surface area contributed by atoms with Crippen LogP contribution in [0.2, 0.25) is 0 Å². The molecule has 0 fully saturated rings. The summed E-state index contributed by atoms with van der Waals surface area (Å²) < 4.78 is 56.6. The third-order valence-corrected chi connectivity index (χ3v) is 2.64. The van der Waals surface area contributed by atoms with E-state index in [2.05, 4.69) is 9.72 Å². The molecule has 0 unspecified atom stereocenters. The third kappa shape index (κ3) is 2.81. The van der Waals surface area contributed by atoms with Crippen molar-refractivity contribution in [3.63, 3.8) is 0 Å². The van der Waals surface area contributed by atoms with Gasteiger partial charge in [-0.1, -0.05) is 0 Å². The number of amides is 1. The first kappa shape index (κ1) is 14.8. The molecule has 0 aliphatic rings. The number of primary amides is 1. The fourth-order valence-electron chi connectivity index (χ4n) is 1.74. The first-order valence-corrected chi connectivity index (χ1v) is 5.57. The van der Waals surface area contributed by atoms with Gasteiger partial charge in [-0.15, -0.1) is 0 Å². The van der Waals surface area contributed by atoms with Crippen molar-refractivity contribution < 1.29 is 27.1 Å². The molecule has 2 N–H and O–H groups in total. The van der Waals surface area contributed by atoms with Crippen LogP contribution in [0.1, 0.15) is 10.6 Å². The van der Waals surface area contributed by atoms with Crippen LogP contribution >= 0.6 is 0 Å². The standard InChI is InChI=1S/C12H9F4N3O2/c1-19-4-6(18-11(19)10(17)20)5-2-3-7(21-12(15)16)9(14)8(5)13/h2-4,12H,1H3,(H2,17,20). The topological polar surface area (TPSA) is 70.1 Å². The van der Waals surface area contributed by atoms with Crippen molar-refractivity contribution in [2.24, 2.45) is 12.8 Å². The number of benzene rings is 1. The summed E-state index contributed by atoms with van der Waals surface area (Å²) in [6.07, 6.45) is 1.26. The second kappa shape index (κ2) is 5.43. The highest BCUT2D eigenvalue weighted by molar-refractivity contribution is 5.90. The Morgan fingerprint density at radius 3 is 2.52 bits per heavy atom. The number of carbonyl (C=O) groups excluding carboxylic acids is 1. The van der Waals surface area contributed by atoms with Gasteiger partial charge in [0.15, 0.2) is 17.4 Å². The number of carbonyl (C=O) groups is 1. The van der Waals surface area contributed by atoms with Gasteiger partial charge < -0.3 is 15.0 Å². The molecule has 0 radical (unpaired) electrons. The van der Waals surface area contributed by atoms with Gasteiger partial charge in [0.2, 0.25) is 5.82 Å². The number of ether oxygens (including phenoxy) is 1. The molecule has 0 saturated carbocycles. The summed E-state index contributed by atoms with van der Waals surface area (Å²) in [6, 6.07) is 1.86. The number of hydrogen-bond donors (Lipinski definition) is 1. The molecule has 21 heavy (non-hydrogen) atoms. The molecule has 0 aliphatic carbocycles. The number of aryl methyl sites for hydroxylation is 1. The van der Waals surface area contributed by atoms with Gasteiger partial charge in [0.05, 0.1) is 5.69 Å². The Labute approximate surface area is 115 Å². The molecule has 1 heterocycles. The fraction of sp³-hybridized carbons (Fsp3) is 0.167. The molecule has 0 bridgehead atoms. The van der Waals surface area contributed by atoms with Crippen molar-refractivity contribution in [2.75, 3.05) is 0 Å². The first-order valence-electron chi connectivity index (χ1n) is 5.57. The van der Waals surface area contributed by atoms with Crippen molar-refractivity contribution >= 4 is 5.91 Å². The molecule has 0 atom stereocenters.